The normalized spacial score (nSPS) is 12.8. The minimum Gasteiger partial charge on any atom is -0.492 e. The van der Waals surface area contributed by atoms with Crippen LogP contribution < -0.4 is 15.6 Å². The highest BCUT2D eigenvalue weighted by atomic mass is 16.5. The lowest BCUT2D eigenvalue weighted by molar-refractivity contribution is 0.0942. The zero-order chi connectivity index (χ0) is 17.9. The second kappa shape index (κ2) is 7.04. The molecule has 4 rings (SSSR count). The van der Waals surface area contributed by atoms with Gasteiger partial charge in [-0.15, -0.1) is 0 Å². The molecule has 132 valence electrons. The minimum atomic E-state index is -0.314. The summed E-state index contributed by atoms with van der Waals surface area (Å²) in [6.45, 7) is 0.743. The molecule has 0 bridgehead atoms. The lowest BCUT2D eigenvalue weighted by Gasteiger charge is -2.09. The highest BCUT2D eigenvalue weighted by Crippen LogP contribution is 2.25. The second-order valence-corrected chi connectivity index (χ2v) is 6.49. The number of hydrogen-bond acceptors (Lipinski definition) is 3. The van der Waals surface area contributed by atoms with Gasteiger partial charge in [-0.1, -0.05) is 24.3 Å². The molecule has 0 fully saturated rings. The Hall–Kier alpha value is -3.08. The van der Waals surface area contributed by atoms with Gasteiger partial charge in [-0.3, -0.25) is 9.59 Å². The van der Waals surface area contributed by atoms with Crippen LogP contribution >= 0.6 is 0 Å². The van der Waals surface area contributed by atoms with Gasteiger partial charge in [0.2, 0.25) is 0 Å². The summed E-state index contributed by atoms with van der Waals surface area (Å²) in [7, 11) is 0. The van der Waals surface area contributed by atoms with Gasteiger partial charge in [0.15, 0.2) is 0 Å². The van der Waals surface area contributed by atoms with Crippen molar-refractivity contribution in [2.75, 3.05) is 13.2 Å². The van der Waals surface area contributed by atoms with Crippen LogP contribution in [-0.4, -0.2) is 24.0 Å². The van der Waals surface area contributed by atoms with Crippen molar-refractivity contribution in [3.05, 3.63) is 75.7 Å². The number of carbonyl (C=O) groups excluding carboxylic acids is 1. The zero-order valence-electron chi connectivity index (χ0n) is 14.4. The van der Waals surface area contributed by atoms with Crippen LogP contribution in [0.15, 0.2) is 53.3 Å². The van der Waals surface area contributed by atoms with Gasteiger partial charge in [-0.2, -0.15) is 0 Å². The number of ether oxygens (including phenoxy) is 1. The third kappa shape index (κ3) is 3.33. The second-order valence-electron chi connectivity index (χ2n) is 6.49. The summed E-state index contributed by atoms with van der Waals surface area (Å²) >= 11 is 0. The Morgan fingerprint density at radius 2 is 1.92 bits per heavy atom. The predicted molar refractivity (Wildman–Crippen MR) is 101 cm³/mol. The number of aromatic amines is 1. The molecule has 26 heavy (non-hydrogen) atoms. The molecule has 3 aromatic rings. The van der Waals surface area contributed by atoms with Crippen LogP contribution in [0.25, 0.3) is 10.8 Å². The van der Waals surface area contributed by atoms with Gasteiger partial charge < -0.3 is 15.0 Å². The van der Waals surface area contributed by atoms with Crippen LogP contribution in [-0.2, 0) is 12.8 Å². The molecule has 0 unspecified atom stereocenters. The van der Waals surface area contributed by atoms with Crippen LogP contribution in [0.1, 0.15) is 28.0 Å². The van der Waals surface area contributed by atoms with Gasteiger partial charge in [0.05, 0.1) is 6.54 Å². The number of H-pyrrole nitrogens is 1. The van der Waals surface area contributed by atoms with E-state index in [1.54, 1.807) is 18.2 Å². The van der Waals surface area contributed by atoms with E-state index in [9.17, 15) is 9.59 Å². The van der Waals surface area contributed by atoms with E-state index in [1.807, 2.05) is 18.2 Å². The van der Waals surface area contributed by atoms with E-state index in [1.165, 1.54) is 17.5 Å². The van der Waals surface area contributed by atoms with E-state index < -0.39 is 0 Å². The molecule has 0 atom stereocenters. The van der Waals surface area contributed by atoms with Crippen LogP contribution in [0.2, 0.25) is 0 Å². The summed E-state index contributed by atoms with van der Waals surface area (Å²) in [4.78, 5) is 26.9. The van der Waals surface area contributed by atoms with Gasteiger partial charge in [0.1, 0.15) is 18.1 Å². The molecule has 0 spiro atoms. The van der Waals surface area contributed by atoms with Crippen molar-refractivity contribution in [3.8, 4) is 5.75 Å². The number of aromatic nitrogens is 1. The third-order valence-corrected chi connectivity index (χ3v) is 4.72. The number of aryl methyl sites for hydroxylation is 2. The molecule has 2 N–H and O–H groups in total. The Balaban J connectivity index is 1.35. The first-order valence-electron chi connectivity index (χ1n) is 8.85. The van der Waals surface area contributed by atoms with E-state index in [-0.39, 0.29) is 17.2 Å². The molecule has 0 saturated heterocycles. The molecule has 0 aliphatic heterocycles. The zero-order valence-corrected chi connectivity index (χ0v) is 14.4. The summed E-state index contributed by atoms with van der Waals surface area (Å²) in [5, 5.41) is 4.10. The smallest absolute Gasteiger partial charge is 0.267 e. The van der Waals surface area contributed by atoms with Crippen molar-refractivity contribution in [1.82, 2.24) is 10.3 Å². The number of fused-ring (bicyclic) bond motifs is 2. The summed E-state index contributed by atoms with van der Waals surface area (Å²) in [6, 6.07) is 15.1. The first kappa shape index (κ1) is 16.4. The largest absolute Gasteiger partial charge is 0.492 e. The van der Waals surface area contributed by atoms with Gasteiger partial charge in [0, 0.05) is 5.39 Å². The number of benzene rings is 2. The molecule has 5 heteroatoms. The number of hydrogen-bond donors (Lipinski definition) is 2. The fraction of sp³-hybridized carbons (Fsp3) is 0.238. The van der Waals surface area contributed by atoms with Crippen LogP contribution in [0, 0.1) is 0 Å². The number of pyridine rings is 1. The number of amides is 1. The average Bonchev–Trinajstić information content (AvgIpc) is 3.13. The molecule has 1 aliphatic rings. The van der Waals surface area contributed by atoms with Crippen molar-refractivity contribution in [3.63, 3.8) is 0 Å². The highest BCUT2D eigenvalue weighted by Gasteiger charge is 2.12. The Morgan fingerprint density at radius 3 is 2.85 bits per heavy atom. The molecule has 1 aromatic heterocycles. The minimum absolute atomic E-state index is 0.256. The Labute approximate surface area is 151 Å². The fourth-order valence-corrected chi connectivity index (χ4v) is 3.40. The molecule has 0 radical (unpaired) electrons. The lowest BCUT2D eigenvalue weighted by atomic mass is 10.1. The summed E-state index contributed by atoms with van der Waals surface area (Å²) in [6.07, 6.45) is 3.47. The Morgan fingerprint density at radius 1 is 1.08 bits per heavy atom. The van der Waals surface area contributed by atoms with E-state index in [2.05, 4.69) is 22.4 Å². The van der Waals surface area contributed by atoms with Crippen molar-refractivity contribution in [2.45, 2.75) is 19.3 Å². The molecule has 1 heterocycles. The van der Waals surface area contributed by atoms with E-state index in [4.69, 9.17) is 4.74 Å². The van der Waals surface area contributed by atoms with Gasteiger partial charge in [-0.25, -0.2) is 0 Å². The first-order valence-corrected chi connectivity index (χ1v) is 8.85. The van der Waals surface area contributed by atoms with E-state index in [0.717, 1.165) is 24.0 Å². The predicted octanol–water partition coefficient (Wildman–Crippen LogP) is 2.83. The summed E-state index contributed by atoms with van der Waals surface area (Å²) in [5.74, 6) is 0.518. The molecule has 1 aliphatic carbocycles. The highest BCUT2D eigenvalue weighted by molar-refractivity contribution is 5.96. The molecular formula is C21H20N2O3. The van der Waals surface area contributed by atoms with Crippen LogP contribution in [0.4, 0.5) is 0 Å². The Kier molecular flexibility index (Phi) is 4.44. The monoisotopic (exact) mass is 348 g/mol. The van der Waals surface area contributed by atoms with Crippen molar-refractivity contribution < 1.29 is 9.53 Å². The third-order valence-electron chi connectivity index (χ3n) is 4.72. The average molecular weight is 348 g/mol. The maximum atomic E-state index is 12.3. The number of carbonyl (C=O) groups is 1. The van der Waals surface area contributed by atoms with Crippen molar-refractivity contribution in [1.29, 1.82) is 0 Å². The topological polar surface area (TPSA) is 71.2 Å². The molecular weight excluding hydrogens is 328 g/mol. The molecule has 0 saturated carbocycles. The van der Waals surface area contributed by atoms with Crippen molar-refractivity contribution in [2.24, 2.45) is 0 Å². The molecule has 2 aromatic carbocycles. The quantitative estimate of drug-likeness (QED) is 0.697. The number of nitrogens with one attached hydrogen (secondary N) is 2. The van der Waals surface area contributed by atoms with Gasteiger partial charge >= 0.3 is 0 Å². The van der Waals surface area contributed by atoms with Gasteiger partial charge in [-0.05, 0) is 60.0 Å². The summed E-state index contributed by atoms with van der Waals surface area (Å²) < 4.78 is 5.72. The van der Waals surface area contributed by atoms with Crippen LogP contribution in [0.3, 0.4) is 0 Å². The lowest BCUT2D eigenvalue weighted by Crippen LogP contribution is -2.30. The summed E-state index contributed by atoms with van der Waals surface area (Å²) in [5.41, 5.74) is 2.76. The van der Waals surface area contributed by atoms with E-state index >= 15 is 0 Å². The first-order chi connectivity index (χ1) is 12.7. The molecule has 5 nitrogen and oxygen atoms in total. The SMILES string of the molecule is O=C(NCCOc1ccc2c(c1)CCC2)c1cc2ccccc2c(=O)[nH]1. The fourth-order valence-electron chi connectivity index (χ4n) is 3.40. The van der Waals surface area contributed by atoms with E-state index in [0.29, 0.717) is 18.5 Å². The number of rotatable bonds is 5. The standard InChI is InChI=1S/C21H20N2O3/c24-20-18-7-2-1-4-16(18)13-19(23-20)21(25)22-10-11-26-17-9-8-14-5-3-6-15(14)12-17/h1-2,4,7-9,12-13H,3,5-6,10-11H2,(H,22,25)(H,23,24). The van der Waals surface area contributed by atoms with Gasteiger partial charge in [0.25, 0.3) is 11.5 Å². The van der Waals surface area contributed by atoms with Crippen molar-refractivity contribution >= 4 is 16.7 Å². The Bertz CT molecular complexity index is 1020. The van der Waals surface area contributed by atoms with Crippen LogP contribution in [0.5, 0.6) is 5.75 Å². The molecule has 1 amide bonds. The maximum Gasteiger partial charge on any atom is 0.267 e. The maximum absolute atomic E-state index is 12.3.